The smallest absolute Gasteiger partial charge is 0.240 e. The van der Waals surface area contributed by atoms with Crippen LogP contribution in [0.1, 0.15) is 26.3 Å². The van der Waals surface area contributed by atoms with Crippen molar-refractivity contribution in [2.75, 3.05) is 31.2 Å². The normalized spacial score (nSPS) is 16.1. The number of hydrogen-bond donors (Lipinski definition) is 0. The van der Waals surface area contributed by atoms with Gasteiger partial charge in [-0.15, -0.1) is 0 Å². The van der Waals surface area contributed by atoms with E-state index in [1.807, 2.05) is 12.1 Å². The van der Waals surface area contributed by atoms with E-state index >= 15 is 0 Å². The third kappa shape index (κ3) is 3.43. The predicted molar refractivity (Wildman–Crippen MR) is 76.0 cm³/mol. The second kappa shape index (κ2) is 5.55. The summed E-state index contributed by atoms with van der Waals surface area (Å²) in [4.78, 5) is 16.5. The van der Waals surface area contributed by atoms with Gasteiger partial charge in [0, 0.05) is 18.8 Å². The first-order valence-corrected chi connectivity index (χ1v) is 6.57. The Morgan fingerprint density at radius 3 is 2.47 bits per heavy atom. The maximum absolute atomic E-state index is 10.5. The molecule has 1 heterocycles. The van der Waals surface area contributed by atoms with E-state index in [1.165, 1.54) is 5.56 Å². The summed E-state index contributed by atoms with van der Waals surface area (Å²) in [7, 11) is 0. The van der Waals surface area contributed by atoms with Gasteiger partial charge in [-0.25, -0.2) is 4.79 Å². The molecule has 1 fully saturated rings. The first-order valence-electron chi connectivity index (χ1n) is 6.57. The molecular formula is C15H20N2O2. The molecule has 0 radical (unpaired) electrons. The number of anilines is 1. The third-order valence-corrected chi connectivity index (χ3v) is 3.32. The van der Waals surface area contributed by atoms with Crippen molar-refractivity contribution in [1.82, 2.24) is 0 Å². The molecule has 0 saturated carbocycles. The molecule has 0 spiro atoms. The van der Waals surface area contributed by atoms with Gasteiger partial charge in [0.05, 0.1) is 18.9 Å². The molecule has 1 saturated heterocycles. The zero-order valence-corrected chi connectivity index (χ0v) is 11.8. The Balaban J connectivity index is 2.41. The van der Waals surface area contributed by atoms with Crippen LogP contribution in [0.2, 0.25) is 0 Å². The minimum Gasteiger partial charge on any atom is -0.378 e. The number of aliphatic imine (C=N–C) groups is 1. The van der Waals surface area contributed by atoms with Crippen LogP contribution in [-0.4, -0.2) is 32.4 Å². The number of isocyanates is 1. The van der Waals surface area contributed by atoms with Crippen LogP contribution in [0.25, 0.3) is 0 Å². The minimum atomic E-state index is 0.0233. The Morgan fingerprint density at radius 1 is 1.21 bits per heavy atom. The lowest BCUT2D eigenvalue weighted by Gasteiger charge is -2.30. The molecule has 0 N–H and O–H groups in total. The molecule has 1 aliphatic heterocycles. The lowest BCUT2D eigenvalue weighted by molar-refractivity contribution is 0.122. The maximum atomic E-state index is 10.5. The summed E-state index contributed by atoms with van der Waals surface area (Å²) in [5, 5.41) is 0. The number of morpholine rings is 1. The monoisotopic (exact) mass is 260 g/mol. The Hall–Kier alpha value is -1.64. The summed E-state index contributed by atoms with van der Waals surface area (Å²) < 4.78 is 5.37. The van der Waals surface area contributed by atoms with Gasteiger partial charge in [-0.05, 0) is 29.2 Å². The lowest BCUT2D eigenvalue weighted by Crippen LogP contribution is -2.36. The highest BCUT2D eigenvalue weighted by atomic mass is 16.5. The fourth-order valence-electron chi connectivity index (χ4n) is 2.15. The van der Waals surface area contributed by atoms with E-state index in [2.05, 4.69) is 36.7 Å². The SMILES string of the molecule is CC(C)(C)c1cc(N=C=O)cc(N2CCOCC2)c1. The fraction of sp³-hybridized carbons (Fsp3) is 0.533. The second-order valence-corrected chi connectivity index (χ2v) is 5.79. The molecule has 0 bridgehead atoms. The van der Waals surface area contributed by atoms with Gasteiger partial charge in [0.25, 0.3) is 0 Å². The zero-order valence-electron chi connectivity index (χ0n) is 11.8. The van der Waals surface area contributed by atoms with E-state index in [-0.39, 0.29) is 5.41 Å². The first-order chi connectivity index (χ1) is 9.00. The van der Waals surface area contributed by atoms with Crippen LogP contribution in [0, 0.1) is 0 Å². The predicted octanol–water partition coefficient (Wildman–Crippen LogP) is 2.79. The van der Waals surface area contributed by atoms with Crippen molar-refractivity contribution in [3.63, 3.8) is 0 Å². The van der Waals surface area contributed by atoms with Crippen molar-refractivity contribution in [3.05, 3.63) is 23.8 Å². The highest BCUT2D eigenvalue weighted by Crippen LogP contribution is 2.31. The van der Waals surface area contributed by atoms with Gasteiger partial charge in [-0.1, -0.05) is 20.8 Å². The second-order valence-electron chi connectivity index (χ2n) is 5.79. The van der Waals surface area contributed by atoms with Gasteiger partial charge >= 0.3 is 0 Å². The molecule has 19 heavy (non-hydrogen) atoms. The van der Waals surface area contributed by atoms with Crippen molar-refractivity contribution in [2.45, 2.75) is 26.2 Å². The maximum Gasteiger partial charge on any atom is 0.240 e. The van der Waals surface area contributed by atoms with E-state index in [1.54, 1.807) is 6.08 Å². The van der Waals surface area contributed by atoms with E-state index in [0.717, 1.165) is 32.0 Å². The van der Waals surface area contributed by atoms with Crippen molar-refractivity contribution in [3.8, 4) is 0 Å². The molecule has 0 aliphatic carbocycles. The van der Waals surface area contributed by atoms with Crippen LogP contribution in [0.4, 0.5) is 11.4 Å². The van der Waals surface area contributed by atoms with Crippen LogP contribution in [0.15, 0.2) is 23.2 Å². The summed E-state index contributed by atoms with van der Waals surface area (Å²) >= 11 is 0. The van der Waals surface area contributed by atoms with Gasteiger partial charge in [0.15, 0.2) is 0 Å². The third-order valence-electron chi connectivity index (χ3n) is 3.32. The van der Waals surface area contributed by atoms with Gasteiger partial charge in [0.1, 0.15) is 0 Å². The molecule has 1 aromatic carbocycles. The number of ether oxygens (including phenoxy) is 1. The Bertz CT molecular complexity index is 493. The summed E-state index contributed by atoms with van der Waals surface area (Å²) in [6.07, 6.45) is 1.62. The van der Waals surface area contributed by atoms with Crippen LogP contribution < -0.4 is 4.90 Å². The highest BCUT2D eigenvalue weighted by Gasteiger charge is 2.18. The lowest BCUT2D eigenvalue weighted by atomic mass is 9.86. The van der Waals surface area contributed by atoms with Gasteiger partial charge < -0.3 is 9.64 Å². The van der Waals surface area contributed by atoms with Crippen LogP contribution >= 0.6 is 0 Å². The Kier molecular flexibility index (Phi) is 4.03. The van der Waals surface area contributed by atoms with Crippen LogP contribution in [0.3, 0.4) is 0 Å². The molecule has 2 rings (SSSR count). The molecule has 0 unspecified atom stereocenters. The van der Waals surface area contributed by atoms with Gasteiger partial charge in [0.2, 0.25) is 6.08 Å². The van der Waals surface area contributed by atoms with E-state index in [0.29, 0.717) is 5.69 Å². The number of benzene rings is 1. The molecule has 4 nitrogen and oxygen atoms in total. The van der Waals surface area contributed by atoms with Gasteiger partial charge in [-0.2, -0.15) is 4.99 Å². The highest BCUT2D eigenvalue weighted by molar-refractivity contribution is 5.62. The van der Waals surface area contributed by atoms with E-state index < -0.39 is 0 Å². The van der Waals surface area contributed by atoms with Crippen LogP contribution in [-0.2, 0) is 14.9 Å². The average molecular weight is 260 g/mol. The zero-order chi connectivity index (χ0) is 13.9. The Labute approximate surface area is 114 Å². The van der Waals surface area contributed by atoms with Crippen molar-refractivity contribution in [2.24, 2.45) is 4.99 Å². The molecule has 1 aliphatic rings. The molecular weight excluding hydrogens is 240 g/mol. The number of rotatable bonds is 2. The standard InChI is InChI=1S/C15H20N2O2/c1-15(2,3)12-8-13(16-11-18)10-14(9-12)17-4-6-19-7-5-17/h8-10H,4-7H2,1-3H3. The topological polar surface area (TPSA) is 41.9 Å². The largest absolute Gasteiger partial charge is 0.378 e. The average Bonchev–Trinajstić information content (AvgIpc) is 2.39. The van der Waals surface area contributed by atoms with E-state index in [4.69, 9.17) is 4.74 Å². The summed E-state index contributed by atoms with van der Waals surface area (Å²) in [5.74, 6) is 0. The Morgan fingerprint density at radius 2 is 1.89 bits per heavy atom. The number of nitrogens with zero attached hydrogens (tertiary/aromatic N) is 2. The molecule has 0 aromatic heterocycles. The first kappa shape index (κ1) is 13.8. The van der Waals surface area contributed by atoms with Crippen molar-refractivity contribution < 1.29 is 9.53 Å². The summed E-state index contributed by atoms with van der Waals surface area (Å²) in [6.45, 7) is 9.69. The molecule has 0 atom stereocenters. The summed E-state index contributed by atoms with van der Waals surface area (Å²) in [5.41, 5.74) is 2.97. The minimum absolute atomic E-state index is 0.0233. The quantitative estimate of drug-likeness (QED) is 0.606. The fourth-order valence-corrected chi connectivity index (χ4v) is 2.15. The molecule has 4 heteroatoms. The summed E-state index contributed by atoms with van der Waals surface area (Å²) in [6, 6.07) is 6.06. The van der Waals surface area contributed by atoms with Crippen molar-refractivity contribution >= 4 is 17.5 Å². The number of carbonyl (C=O) groups excluding carboxylic acids is 1. The van der Waals surface area contributed by atoms with Crippen LogP contribution in [0.5, 0.6) is 0 Å². The van der Waals surface area contributed by atoms with Crippen molar-refractivity contribution in [1.29, 1.82) is 0 Å². The van der Waals surface area contributed by atoms with Gasteiger partial charge in [-0.3, -0.25) is 0 Å². The molecule has 1 aromatic rings. The molecule has 0 amide bonds. The molecule has 102 valence electrons. The van der Waals surface area contributed by atoms with E-state index in [9.17, 15) is 4.79 Å². The number of hydrogen-bond acceptors (Lipinski definition) is 4.